The summed E-state index contributed by atoms with van der Waals surface area (Å²) in [4.78, 5) is 13.1. The number of carbonyl (C=O) groups excluding carboxylic acids is 1. The monoisotopic (exact) mass is 496 g/mol. The Hall–Kier alpha value is -1.97. The quantitative estimate of drug-likeness (QED) is 0.254. The average Bonchev–Trinajstić information content (AvgIpc) is 2.83. The molecule has 2 N–H and O–H groups in total. The Morgan fingerprint density at radius 1 is 1.00 bits per heavy atom. The van der Waals surface area contributed by atoms with Crippen LogP contribution >= 0.6 is 0 Å². The molecule has 36 heavy (non-hydrogen) atoms. The third-order valence-corrected chi connectivity index (χ3v) is 11.8. The van der Waals surface area contributed by atoms with Crippen LogP contribution in [0.5, 0.6) is 11.5 Å². The fourth-order valence-corrected chi connectivity index (χ4v) is 9.05. The average molecular weight is 497 g/mol. The van der Waals surface area contributed by atoms with Crippen LogP contribution in [0.2, 0.25) is 0 Å². The topological polar surface area (TPSA) is 66.8 Å². The van der Waals surface area contributed by atoms with E-state index in [1.165, 1.54) is 5.57 Å². The van der Waals surface area contributed by atoms with Crippen molar-refractivity contribution in [3.8, 4) is 11.5 Å². The van der Waals surface area contributed by atoms with Crippen molar-refractivity contribution in [3.05, 3.63) is 34.4 Å². The highest BCUT2D eigenvalue weighted by Gasteiger charge is 2.66. The molecule has 4 heteroatoms. The maximum atomic E-state index is 13.1. The van der Waals surface area contributed by atoms with Crippen LogP contribution in [0, 0.1) is 41.4 Å². The summed E-state index contributed by atoms with van der Waals surface area (Å²) in [6, 6.07) is 1.80. The number of phenolic OH excluding ortho intramolecular Hbond substituents is 2. The molecule has 3 saturated carbocycles. The molecule has 200 valence electrons. The van der Waals surface area contributed by atoms with Crippen LogP contribution in [-0.4, -0.2) is 22.8 Å². The van der Waals surface area contributed by atoms with Crippen LogP contribution < -0.4 is 0 Å². The number of allylic oxidation sites excluding steroid dienone is 2. The minimum absolute atomic E-state index is 0.0115. The SMILES string of the molecule is CC=C1C(C)(c2cc(O)c(O)c(C)c2C)CCC2(C)C3CC(C)(C(=O)OCC)CCC3(C)CCC12C. The van der Waals surface area contributed by atoms with E-state index in [1.54, 1.807) is 6.07 Å². The fourth-order valence-electron chi connectivity index (χ4n) is 9.05. The van der Waals surface area contributed by atoms with Gasteiger partial charge in [-0.05, 0) is 124 Å². The molecule has 4 nitrogen and oxygen atoms in total. The number of fused-ring (bicyclic) bond motifs is 3. The van der Waals surface area contributed by atoms with Crippen molar-refractivity contribution < 1.29 is 19.7 Å². The van der Waals surface area contributed by atoms with Gasteiger partial charge in [0.05, 0.1) is 12.0 Å². The Morgan fingerprint density at radius 3 is 2.25 bits per heavy atom. The predicted molar refractivity (Wildman–Crippen MR) is 145 cm³/mol. The fraction of sp³-hybridized carbons (Fsp3) is 0.719. The molecule has 0 amide bonds. The van der Waals surface area contributed by atoms with Gasteiger partial charge in [-0.3, -0.25) is 4.79 Å². The summed E-state index contributed by atoms with van der Waals surface area (Å²) in [7, 11) is 0. The lowest BCUT2D eigenvalue weighted by atomic mass is 9.35. The van der Waals surface area contributed by atoms with Gasteiger partial charge in [0.25, 0.3) is 0 Å². The first-order valence-electron chi connectivity index (χ1n) is 14.0. The zero-order chi connectivity index (χ0) is 26.9. The molecule has 1 aromatic carbocycles. The largest absolute Gasteiger partial charge is 0.504 e. The van der Waals surface area contributed by atoms with Crippen LogP contribution in [0.4, 0.5) is 0 Å². The molecule has 6 unspecified atom stereocenters. The summed E-state index contributed by atoms with van der Waals surface area (Å²) >= 11 is 0. The van der Waals surface area contributed by atoms with E-state index in [2.05, 4.69) is 54.5 Å². The van der Waals surface area contributed by atoms with E-state index in [9.17, 15) is 15.0 Å². The molecule has 0 saturated heterocycles. The minimum atomic E-state index is -0.422. The molecule has 1 aromatic rings. The first-order valence-corrected chi connectivity index (χ1v) is 14.0. The molecule has 6 atom stereocenters. The lowest BCUT2D eigenvalue weighted by molar-refractivity contribution is -0.181. The molecular weight excluding hydrogens is 448 g/mol. The molecule has 0 aliphatic heterocycles. The van der Waals surface area contributed by atoms with Gasteiger partial charge in [0.15, 0.2) is 11.5 Å². The van der Waals surface area contributed by atoms with Crippen molar-refractivity contribution in [2.24, 2.45) is 27.6 Å². The van der Waals surface area contributed by atoms with E-state index in [0.29, 0.717) is 12.5 Å². The standard InChI is InChI=1S/C32H48O4/c1-10-24-30(7,22-18-23(33)26(34)21(4)20(22)3)15-17-32(9)25-19-29(6,27(35)36-11-2)13-12-28(25,5)14-16-31(24,32)8/h10,18,25,33-34H,11-17,19H2,1-9H3. The normalized spacial score (nSPS) is 41.5. The highest BCUT2D eigenvalue weighted by atomic mass is 16.5. The third-order valence-electron chi connectivity index (χ3n) is 11.8. The number of benzene rings is 1. The number of rotatable bonds is 3. The number of esters is 1. The highest BCUT2D eigenvalue weighted by Crippen LogP contribution is 2.74. The molecular formula is C32H48O4. The Bertz CT molecular complexity index is 1100. The predicted octanol–water partition coefficient (Wildman–Crippen LogP) is 7.89. The van der Waals surface area contributed by atoms with E-state index in [4.69, 9.17) is 4.74 Å². The van der Waals surface area contributed by atoms with Gasteiger partial charge in [-0.2, -0.15) is 0 Å². The van der Waals surface area contributed by atoms with Gasteiger partial charge in [-0.1, -0.05) is 39.3 Å². The number of carbonyl (C=O) groups is 1. The minimum Gasteiger partial charge on any atom is -0.504 e. The van der Waals surface area contributed by atoms with Gasteiger partial charge in [0, 0.05) is 5.41 Å². The summed E-state index contributed by atoms with van der Waals surface area (Å²) in [6.07, 6.45) is 9.55. The molecule has 0 bridgehead atoms. The van der Waals surface area contributed by atoms with Gasteiger partial charge < -0.3 is 14.9 Å². The van der Waals surface area contributed by atoms with E-state index in [-0.39, 0.29) is 39.1 Å². The number of ether oxygens (including phenoxy) is 1. The van der Waals surface area contributed by atoms with Crippen LogP contribution in [0.15, 0.2) is 17.7 Å². The number of hydrogen-bond acceptors (Lipinski definition) is 4. The Balaban J connectivity index is 1.82. The zero-order valence-corrected chi connectivity index (χ0v) is 24.1. The van der Waals surface area contributed by atoms with Crippen LogP contribution in [0.1, 0.15) is 110 Å². The Labute approximate surface area is 218 Å². The van der Waals surface area contributed by atoms with Gasteiger partial charge in [-0.15, -0.1) is 0 Å². The second-order valence-corrected chi connectivity index (χ2v) is 13.5. The molecule has 0 spiro atoms. The summed E-state index contributed by atoms with van der Waals surface area (Å²) in [5, 5.41) is 21.0. The zero-order valence-electron chi connectivity index (χ0n) is 24.1. The molecule has 3 fully saturated rings. The molecule has 3 aliphatic carbocycles. The van der Waals surface area contributed by atoms with Gasteiger partial charge in [0.1, 0.15) is 0 Å². The van der Waals surface area contributed by atoms with E-state index < -0.39 is 5.41 Å². The first-order chi connectivity index (χ1) is 16.6. The second-order valence-electron chi connectivity index (χ2n) is 13.5. The van der Waals surface area contributed by atoms with Crippen molar-refractivity contribution in [1.82, 2.24) is 0 Å². The van der Waals surface area contributed by atoms with E-state index >= 15 is 0 Å². The lowest BCUT2D eigenvalue weighted by Gasteiger charge is -2.69. The molecule has 4 rings (SSSR count). The van der Waals surface area contributed by atoms with Crippen molar-refractivity contribution in [2.75, 3.05) is 6.61 Å². The smallest absolute Gasteiger partial charge is 0.311 e. The number of phenols is 2. The van der Waals surface area contributed by atoms with Crippen molar-refractivity contribution in [2.45, 2.75) is 113 Å². The third kappa shape index (κ3) is 3.49. The molecule has 0 radical (unpaired) electrons. The Morgan fingerprint density at radius 2 is 1.64 bits per heavy atom. The molecule has 3 aliphatic rings. The van der Waals surface area contributed by atoms with E-state index in [0.717, 1.165) is 61.6 Å². The van der Waals surface area contributed by atoms with Crippen LogP contribution in [0.3, 0.4) is 0 Å². The van der Waals surface area contributed by atoms with Crippen molar-refractivity contribution in [1.29, 1.82) is 0 Å². The van der Waals surface area contributed by atoms with Gasteiger partial charge in [-0.25, -0.2) is 0 Å². The lowest BCUT2D eigenvalue weighted by Crippen LogP contribution is -2.62. The number of hydrogen-bond donors (Lipinski definition) is 2. The van der Waals surface area contributed by atoms with Crippen molar-refractivity contribution in [3.63, 3.8) is 0 Å². The van der Waals surface area contributed by atoms with E-state index in [1.807, 2.05) is 13.8 Å². The maximum absolute atomic E-state index is 13.1. The summed E-state index contributed by atoms with van der Waals surface area (Å²) in [5.74, 6) is 0.363. The first kappa shape index (κ1) is 27.1. The Kier molecular flexibility index (Phi) is 6.42. The van der Waals surface area contributed by atoms with Crippen LogP contribution in [-0.2, 0) is 14.9 Å². The summed E-state index contributed by atoms with van der Waals surface area (Å²) in [6.45, 7) is 20.4. The second kappa shape index (κ2) is 8.53. The maximum Gasteiger partial charge on any atom is 0.311 e. The molecule has 0 aromatic heterocycles. The summed E-state index contributed by atoms with van der Waals surface area (Å²) < 4.78 is 5.58. The highest BCUT2D eigenvalue weighted by molar-refractivity contribution is 5.76. The number of aromatic hydroxyl groups is 2. The summed E-state index contributed by atoms with van der Waals surface area (Å²) in [5.41, 5.74) is 4.00. The van der Waals surface area contributed by atoms with Crippen molar-refractivity contribution >= 4 is 5.97 Å². The van der Waals surface area contributed by atoms with Gasteiger partial charge in [0.2, 0.25) is 0 Å². The van der Waals surface area contributed by atoms with Gasteiger partial charge >= 0.3 is 5.97 Å². The molecule has 0 heterocycles. The van der Waals surface area contributed by atoms with Crippen LogP contribution in [0.25, 0.3) is 0 Å².